The number of aromatic nitrogens is 1. The van der Waals surface area contributed by atoms with E-state index in [2.05, 4.69) is 9.88 Å². The molecule has 1 saturated heterocycles. The lowest BCUT2D eigenvalue weighted by atomic mass is 10.2. The lowest BCUT2D eigenvalue weighted by Gasteiger charge is -2.21. The van der Waals surface area contributed by atoms with Crippen LogP contribution >= 0.6 is 0 Å². The topological polar surface area (TPSA) is 36.4 Å². The SMILES string of the molecule is O=C(c1cccnc1)N1CCCN(CC2CC2)CC1. The van der Waals surface area contributed by atoms with Crippen LogP contribution in [0, 0.1) is 5.92 Å². The molecule has 1 aromatic heterocycles. The largest absolute Gasteiger partial charge is 0.337 e. The summed E-state index contributed by atoms with van der Waals surface area (Å²) in [4.78, 5) is 20.9. The Hall–Kier alpha value is -1.42. The second-order valence-corrected chi connectivity index (χ2v) is 5.63. The molecule has 0 aromatic carbocycles. The van der Waals surface area contributed by atoms with Gasteiger partial charge in [0.15, 0.2) is 0 Å². The van der Waals surface area contributed by atoms with Gasteiger partial charge in [0.25, 0.3) is 5.91 Å². The molecule has 0 N–H and O–H groups in total. The third-order valence-corrected chi connectivity index (χ3v) is 4.00. The number of hydrogen-bond donors (Lipinski definition) is 0. The lowest BCUT2D eigenvalue weighted by molar-refractivity contribution is 0.0761. The maximum atomic E-state index is 12.4. The average Bonchev–Trinajstić information content (AvgIpc) is 3.27. The zero-order valence-electron chi connectivity index (χ0n) is 11.3. The summed E-state index contributed by atoms with van der Waals surface area (Å²) >= 11 is 0. The number of amides is 1. The maximum Gasteiger partial charge on any atom is 0.255 e. The molecular formula is C15H21N3O. The molecule has 4 heteroatoms. The highest BCUT2D eigenvalue weighted by Gasteiger charge is 2.26. The molecular weight excluding hydrogens is 238 g/mol. The summed E-state index contributed by atoms with van der Waals surface area (Å²) in [6.45, 7) is 5.10. The van der Waals surface area contributed by atoms with E-state index in [1.54, 1.807) is 12.4 Å². The molecule has 2 fully saturated rings. The third-order valence-electron chi connectivity index (χ3n) is 4.00. The van der Waals surface area contributed by atoms with Crippen LogP contribution in [0.2, 0.25) is 0 Å². The van der Waals surface area contributed by atoms with Gasteiger partial charge in [-0.1, -0.05) is 0 Å². The molecule has 0 bridgehead atoms. The number of rotatable bonds is 3. The molecule has 0 radical (unpaired) electrons. The second-order valence-electron chi connectivity index (χ2n) is 5.63. The van der Waals surface area contributed by atoms with Crippen molar-refractivity contribution in [3.63, 3.8) is 0 Å². The summed E-state index contributed by atoms with van der Waals surface area (Å²) in [5.74, 6) is 1.06. The third kappa shape index (κ3) is 3.32. The minimum Gasteiger partial charge on any atom is -0.337 e. The average molecular weight is 259 g/mol. The van der Waals surface area contributed by atoms with Gasteiger partial charge in [-0.05, 0) is 43.9 Å². The molecule has 0 spiro atoms. The molecule has 0 unspecified atom stereocenters. The van der Waals surface area contributed by atoms with Crippen molar-refractivity contribution >= 4 is 5.91 Å². The van der Waals surface area contributed by atoms with Gasteiger partial charge in [-0.15, -0.1) is 0 Å². The fourth-order valence-electron chi connectivity index (χ4n) is 2.69. The van der Waals surface area contributed by atoms with Gasteiger partial charge in [0, 0.05) is 38.6 Å². The van der Waals surface area contributed by atoms with Crippen LogP contribution in [0.4, 0.5) is 0 Å². The summed E-state index contributed by atoms with van der Waals surface area (Å²) in [5.41, 5.74) is 0.707. The van der Waals surface area contributed by atoms with E-state index in [1.807, 2.05) is 17.0 Å². The van der Waals surface area contributed by atoms with E-state index in [4.69, 9.17) is 0 Å². The minimum atomic E-state index is 0.126. The first kappa shape index (κ1) is 12.6. The van der Waals surface area contributed by atoms with Crippen LogP contribution in [0.15, 0.2) is 24.5 Å². The van der Waals surface area contributed by atoms with Gasteiger partial charge in [0.05, 0.1) is 5.56 Å². The Morgan fingerprint density at radius 2 is 2.16 bits per heavy atom. The number of carbonyl (C=O) groups excluding carboxylic acids is 1. The van der Waals surface area contributed by atoms with E-state index < -0.39 is 0 Å². The Bertz CT molecular complexity index is 430. The number of pyridine rings is 1. The molecule has 0 atom stereocenters. The second kappa shape index (κ2) is 5.70. The minimum absolute atomic E-state index is 0.126. The summed E-state index contributed by atoms with van der Waals surface area (Å²) in [6.07, 6.45) is 7.24. The van der Waals surface area contributed by atoms with Gasteiger partial charge < -0.3 is 9.80 Å². The van der Waals surface area contributed by atoms with E-state index in [9.17, 15) is 4.79 Å². The first-order valence-electron chi connectivity index (χ1n) is 7.24. The molecule has 2 heterocycles. The summed E-state index contributed by atoms with van der Waals surface area (Å²) in [6, 6.07) is 3.67. The predicted molar refractivity (Wildman–Crippen MR) is 73.9 cm³/mol. The number of hydrogen-bond acceptors (Lipinski definition) is 3. The first-order chi connectivity index (χ1) is 9.33. The summed E-state index contributed by atoms with van der Waals surface area (Å²) in [7, 11) is 0. The standard InChI is InChI=1S/C15H21N3O/c19-15(14-3-1-6-16-11-14)18-8-2-7-17(9-10-18)12-13-4-5-13/h1,3,6,11,13H,2,4-5,7-10,12H2. The zero-order valence-corrected chi connectivity index (χ0v) is 11.3. The summed E-state index contributed by atoms with van der Waals surface area (Å²) < 4.78 is 0. The fourth-order valence-corrected chi connectivity index (χ4v) is 2.69. The Morgan fingerprint density at radius 1 is 1.26 bits per heavy atom. The van der Waals surface area contributed by atoms with Crippen molar-refractivity contribution in [1.29, 1.82) is 0 Å². The number of carbonyl (C=O) groups is 1. The molecule has 1 saturated carbocycles. The van der Waals surface area contributed by atoms with Crippen LogP contribution in [0.25, 0.3) is 0 Å². The van der Waals surface area contributed by atoms with E-state index in [-0.39, 0.29) is 5.91 Å². The van der Waals surface area contributed by atoms with Gasteiger partial charge in [-0.2, -0.15) is 0 Å². The Balaban J connectivity index is 1.58. The lowest BCUT2D eigenvalue weighted by Crippen LogP contribution is -2.35. The normalized spacial score (nSPS) is 21.2. The van der Waals surface area contributed by atoms with Crippen LogP contribution < -0.4 is 0 Å². The molecule has 3 rings (SSSR count). The molecule has 102 valence electrons. The monoisotopic (exact) mass is 259 g/mol. The van der Waals surface area contributed by atoms with Crippen molar-refractivity contribution in [2.75, 3.05) is 32.7 Å². The molecule has 1 aliphatic carbocycles. The van der Waals surface area contributed by atoms with Crippen molar-refractivity contribution in [3.05, 3.63) is 30.1 Å². The first-order valence-corrected chi connectivity index (χ1v) is 7.24. The molecule has 19 heavy (non-hydrogen) atoms. The van der Waals surface area contributed by atoms with Crippen LogP contribution in [0.1, 0.15) is 29.6 Å². The quantitative estimate of drug-likeness (QED) is 0.828. The van der Waals surface area contributed by atoms with E-state index >= 15 is 0 Å². The Kier molecular flexibility index (Phi) is 3.78. The highest BCUT2D eigenvalue weighted by atomic mass is 16.2. The highest BCUT2D eigenvalue weighted by molar-refractivity contribution is 5.93. The summed E-state index contributed by atoms with van der Waals surface area (Å²) in [5, 5.41) is 0. The van der Waals surface area contributed by atoms with Gasteiger partial charge in [-0.3, -0.25) is 9.78 Å². The molecule has 4 nitrogen and oxygen atoms in total. The van der Waals surface area contributed by atoms with Crippen molar-refractivity contribution in [3.8, 4) is 0 Å². The van der Waals surface area contributed by atoms with Crippen molar-refractivity contribution in [2.24, 2.45) is 5.92 Å². The van der Waals surface area contributed by atoms with Crippen LogP contribution in [-0.2, 0) is 0 Å². The van der Waals surface area contributed by atoms with E-state index in [1.165, 1.54) is 19.4 Å². The van der Waals surface area contributed by atoms with Gasteiger partial charge in [0.2, 0.25) is 0 Å². The smallest absolute Gasteiger partial charge is 0.255 e. The predicted octanol–water partition coefficient (Wildman–Crippen LogP) is 1.64. The van der Waals surface area contributed by atoms with Gasteiger partial charge in [0.1, 0.15) is 0 Å². The molecule has 1 amide bonds. The van der Waals surface area contributed by atoms with Crippen molar-refractivity contribution in [2.45, 2.75) is 19.3 Å². The van der Waals surface area contributed by atoms with Crippen LogP contribution in [0.5, 0.6) is 0 Å². The number of nitrogens with zero attached hydrogens (tertiary/aromatic N) is 3. The van der Waals surface area contributed by atoms with Crippen LogP contribution in [-0.4, -0.2) is 53.4 Å². The van der Waals surface area contributed by atoms with Crippen molar-refractivity contribution < 1.29 is 4.79 Å². The zero-order chi connectivity index (χ0) is 13.1. The molecule has 2 aliphatic rings. The van der Waals surface area contributed by atoms with E-state index in [0.717, 1.165) is 38.5 Å². The fraction of sp³-hybridized carbons (Fsp3) is 0.600. The van der Waals surface area contributed by atoms with E-state index in [0.29, 0.717) is 5.56 Å². The molecule has 1 aliphatic heterocycles. The molecule has 1 aromatic rings. The van der Waals surface area contributed by atoms with Crippen molar-refractivity contribution in [1.82, 2.24) is 14.8 Å². The van der Waals surface area contributed by atoms with Gasteiger partial charge >= 0.3 is 0 Å². The van der Waals surface area contributed by atoms with Crippen LogP contribution in [0.3, 0.4) is 0 Å². The van der Waals surface area contributed by atoms with Gasteiger partial charge in [-0.25, -0.2) is 0 Å². The maximum absolute atomic E-state index is 12.4. The Labute approximate surface area is 114 Å². The Morgan fingerprint density at radius 3 is 2.89 bits per heavy atom. The highest BCUT2D eigenvalue weighted by Crippen LogP contribution is 2.29.